The van der Waals surface area contributed by atoms with E-state index >= 15 is 0 Å². The first kappa shape index (κ1) is 15.5. The zero-order chi connectivity index (χ0) is 16.4. The number of anilines is 1. The van der Waals surface area contributed by atoms with Crippen LogP contribution in [-0.2, 0) is 0 Å². The van der Waals surface area contributed by atoms with E-state index in [2.05, 4.69) is 58.3 Å². The molecule has 116 valence electrons. The third-order valence-corrected chi connectivity index (χ3v) is 8.49. The van der Waals surface area contributed by atoms with Crippen molar-refractivity contribution in [3.05, 3.63) is 82.0 Å². The lowest BCUT2D eigenvalue weighted by Crippen LogP contribution is -2.00. The van der Waals surface area contributed by atoms with Crippen LogP contribution in [0.3, 0.4) is 0 Å². The number of nitrogens with one attached hydrogen (secondary N) is 1. The van der Waals surface area contributed by atoms with Crippen LogP contribution >= 0.6 is 30.0 Å². The Bertz CT molecular complexity index is 925. The molecule has 1 aromatic heterocycles. The average molecular weight is 364 g/mol. The lowest BCUT2D eigenvalue weighted by molar-refractivity contribution is 1.48. The van der Waals surface area contributed by atoms with E-state index in [0.717, 1.165) is 0 Å². The van der Waals surface area contributed by atoms with Gasteiger partial charge in [-0.2, -0.15) is 16.6 Å². The highest BCUT2D eigenvalue weighted by Gasteiger charge is 2.23. The number of thiophene rings is 1. The molecular formula is C19H13N2PS2. The molecule has 1 N–H and O–H groups in total. The molecule has 24 heavy (non-hydrogen) atoms. The van der Waals surface area contributed by atoms with Crippen molar-refractivity contribution in [1.82, 2.24) is 0 Å². The molecule has 0 fully saturated rings. The van der Waals surface area contributed by atoms with Crippen LogP contribution in [0.5, 0.6) is 0 Å². The number of hydrogen-bond donors (Lipinski definition) is 1. The summed E-state index contributed by atoms with van der Waals surface area (Å²) in [5.74, 6) is 0. The molecule has 0 saturated carbocycles. The molecule has 0 saturated heterocycles. The fourth-order valence-corrected chi connectivity index (χ4v) is 7.51. The molecule has 3 aromatic rings. The fourth-order valence-electron chi connectivity index (χ4n) is 2.50. The largest absolute Gasteiger partial charge is 0.352 e. The summed E-state index contributed by atoms with van der Waals surface area (Å²) in [6.07, 6.45) is 2.28. The smallest absolute Gasteiger partial charge is 0.0991 e. The Balaban J connectivity index is 1.75. The Labute approximate surface area is 150 Å². The SMILES string of the molecule is N#Cc1ccc(C2=Cc3ccccc3NP2Sc2ccsc2)cc1. The first-order valence-electron chi connectivity index (χ1n) is 7.42. The highest BCUT2D eigenvalue weighted by molar-refractivity contribution is 8.59. The van der Waals surface area contributed by atoms with Gasteiger partial charge >= 0.3 is 0 Å². The van der Waals surface area contributed by atoms with Gasteiger partial charge in [-0.15, -0.1) is 0 Å². The van der Waals surface area contributed by atoms with Gasteiger partial charge < -0.3 is 5.09 Å². The summed E-state index contributed by atoms with van der Waals surface area (Å²) in [6.45, 7) is 0. The Morgan fingerprint density at radius 2 is 1.88 bits per heavy atom. The second-order valence-corrected chi connectivity index (χ2v) is 9.63. The third kappa shape index (κ3) is 3.12. The van der Waals surface area contributed by atoms with Crippen molar-refractivity contribution in [2.45, 2.75) is 4.90 Å². The summed E-state index contributed by atoms with van der Waals surface area (Å²) in [5.41, 5.74) is 4.26. The second-order valence-electron chi connectivity index (χ2n) is 5.26. The predicted molar refractivity (Wildman–Crippen MR) is 106 cm³/mol. The number of fused-ring (bicyclic) bond motifs is 1. The van der Waals surface area contributed by atoms with Crippen molar-refractivity contribution < 1.29 is 0 Å². The minimum atomic E-state index is -0.611. The monoisotopic (exact) mass is 364 g/mol. The number of nitriles is 1. The van der Waals surface area contributed by atoms with Gasteiger partial charge in [-0.3, -0.25) is 0 Å². The Morgan fingerprint density at radius 3 is 2.62 bits per heavy atom. The minimum Gasteiger partial charge on any atom is -0.352 e. The zero-order valence-corrected chi connectivity index (χ0v) is 15.2. The Hall–Kier alpha value is -2.05. The molecule has 0 aliphatic carbocycles. The number of para-hydroxylation sites is 1. The maximum absolute atomic E-state index is 9.02. The van der Waals surface area contributed by atoms with E-state index in [-0.39, 0.29) is 0 Å². The molecule has 0 bridgehead atoms. The van der Waals surface area contributed by atoms with Crippen LogP contribution in [-0.4, -0.2) is 0 Å². The van der Waals surface area contributed by atoms with E-state index in [1.165, 1.54) is 27.0 Å². The van der Waals surface area contributed by atoms with Gasteiger partial charge in [0, 0.05) is 21.3 Å². The highest BCUT2D eigenvalue weighted by atomic mass is 32.7. The van der Waals surface area contributed by atoms with Gasteiger partial charge in [-0.05, 0) is 46.8 Å². The topological polar surface area (TPSA) is 35.8 Å². The van der Waals surface area contributed by atoms with Crippen molar-refractivity contribution in [3.63, 3.8) is 0 Å². The van der Waals surface area contributed by atoms with Gasteiger partial charge in [0.2, 0.25) is 0 Å². The van der Waals surface area contributed by atoms with Crippen LogP contribution < -0.4 is 5.09 Å². The lowest BCUT2D eigenvalue weighted by atomic mass is 10.1. The molecule has 1 aliphatic heterocycles. The van der Waals surface area contributed by atoms with Crippen molar-refractivity contribution >= 4 is 47.1 Å². The highest BCUT2D eigenvalue weighted by Crippen LogP contribution is 2.65. The fraction of sp³-hybridized carbons (Fsp3) is 0. The summed E-state index contributed by atoms with van der Waals surface area (Å²) in [6, 6.07) is 20.6. The number of nitrogens with zero attached hydrogens (tertiary/aromatic N) is 1. The summed E-state index contributed by atoms with van der Waals surface area (Å²) in [5, 5.41) is 18.3. The van der Waals surface area contributed by atoms with Gasteiger partial charge in [0.15, 0.2) is 0 Å². The molecule has 1 atom stereocenters. The predicted octanol–water partition coefficient (Wildman–Crippen LogP) is 6.65. The molecule has 0 spiro atoms. The van der Waals surface area contributed by atoms with E-state index in [9.17, 15) is 0 Å². The average Bonchev–Trinajstić information content (AvgIpc) is 3.14. The molecule has 4 rings (SSSR count). The van der Waals surface area contributed by atoms with Gasteiger partial charge in [-0.25, -0.2) is 0 Å². The molecule has 1 unspecified atom stereocenters. The molecule has 2 heterocycles. The van der Waals surface area contributed by atoms with Crippen molar-refractivity contribution in [2.75, 3.05) is 5.09 Å². The van der Waals surface area contributed by atoms with Crippen LogP contribution in [0, 0.1) is 11.3 Å². The molecule has 0 radical (unpaired) electrons. The molecule has 1 aliphatic rings. The van der Waals surface area contributed by atoms with Crippen LogP contribution in [0.25, 0.3) is 11.4 Å². The molecule has 0 amide bonds. The maximum Gasteiger partial charge on any atom is 0.0991 e. The molecule has 2 nitrogen and oxygen atoms in total. The van der Waals surface area contributed by atoms with Gasteiger partial charge in [-0.1, -0.05) is 41.7 Å². The first-order valence-corrected chi connectivity index (χ1v) is 11.1. The molecule has 5 heteroatoms. The summed E-state index contributed by atoms with van der Waals surface area (Å²) in [4.78, 5) is 1.29. The van der Waals surface area contributed by atoms with Crippen molar-refractivity contribution in [2.24, 2.45) is 0 Å². The maximum atomic E-state index is 9.02. The van der Waals surface area contributed by atoms with Crippen LogP contribution in [0.2, 0.25) is 0 Å². The summed E-state index contributed by atoms with van der Waals surface area (Å²) in [7, 11) is -0.611. The van der Waals surface area contributed by atoms with Crippen LogP contribution in [0.4, 0.5) is 5.69 Å². The number of benzene rings is 2. The second kappa shape index (κ2) is 6.83. The summed E-state index contributed by atoms with van der Waals surface area (Å²) >= 11 is 3.60. The van der Waals surface area contributed by atoms with Gasteiger partial charge in [0.25, 0.3) is 0 Å². The van der Waals surface area contributed by atoms with E-state index in [1.54, 1.807) is 11.3 Å². The quantitative estimate of drug-likeness (QED) is 0.529. The first-order chi connectivity index (χ1) is 11.8. The lowest BCUT2D eigenvalue weighted by Gasteiger charge is -2.27. The zero-order valence-electron chi connectivity index (χ0n) is 12.6. The van der Waals surface area contributed by atoms with Crippen molar-refractivity contribution in [3.8, 4) is 6.07 Å². The van der Waals surface area contributed by atoms with Crippen LogP contribution in [0.15, 0.2) is 70.3 Å². The standard InChI is InChI=1S/C19H13N2PS2/c20-12-14-5-7-15(8-6-14)19-11-16-3-1-2-4-18(16)21-22(19)24-17-9-10-23-13-17/h1-11,13,21H. The minimum absolute atomic E-state index is 0.611. The van der Waals surface area contributed by atoms with E-state index < -0.39 is 7.27 Å². The number of rotatable bonds is 3. The van der Waals surface area contributed by atoms with E-state index in [0.29, 0.717) is 5.56 Å². The summed E-state index contributed by atoms with van der Waals surface area (Å²) < 4.78 is 0. The molecular weight excluding hydrogens is 351 g/mol. The molecule has 2 aromatic carbocycles. The van der Waals surface area contributed by atoms with Crippen LogP contribution in [0.1, 0.15) is 16.7 Å². The Morgan fingerprint density at radius 1 is 1.04 bits per heavy atom. The van der Waals surface area contributed by atoms with Crippen molar-refractivity contribution in [1.29, 1.82) is 5.26 Å². The van der Waals surface area contributed by atoms with E-state index in [1.807, 2.05) is 35.6 Å². The Kier molecular flexibility index (Phi) is 4.40. The van der Waals surface area contributed by atoms with Gasteiger partial charge in [0.1, 0.15) is 0 Å². The normalized spacial score (nSPS) is 15.8. The van der Waals surface area contributed by atoms with Gasteiger partial charge in [0.05, 0.1) is 18.9 Å². The van der Waals surface area contributed by atoms with E-state index in [4.69, 9.17) is 5.26 Å². The third-order valence-electron chi connectivity index (χ3n) is 3.70. The number of hydrogen-bond acceptors (Lipinski definition) is 4.